The van der Waals surface area contributed by atoms with Crippen LogP contribution >= 0.6 is 0 Å². The first-order chi connectivity index (χ1) is 20.9. The monoisotopic (exact) mass is 589 g/mol. The summed E-state index contributed by atoms with van der Waals surface area (Å²) in [5.41, 5.74) is 3.07. The van der Waals surface area contributed by atoms with Crippen molar-refractivity contribution in [2.45, 2.75) is 63.9 Å². The Morgan fingerprint density at radius 2 is 1.56 bits per heavy atom. The van der Waals surface area contributed by atoms with Gasteiger partial charge in [-0.2, -0.15) is 0 Å². The van der Waals surface area contributed by atoms with Crippen LogP contribution in [0.25, 0.3) is 11.1 Å². The number of para-hydroxylation sites is 1. The highest BCUT2D eigenvalue weighted by Crippen LogP contribution is 2.28. The lowest BCUT2D eigenvalue weighted by Crippen LogP contribution is -2.38. The molecule has 230 valence electrons. The molecule has 2 amide bonds. The summed E-state index contributed by atoms with van der Waals surface area (Å²) in [6, 6.07) is 21.5. The summed E-state index contributed by atoms with van der Waals surface area (Å²) in [7, 11) is 1.73. The number of amides is 2. The van der Waals surface area contributed by atoms with Crippen LogP contribution in [-0.4, -0.2) is 66.2 Å². The molecule has 1 aliphatic heterocycles. The molecule has 0 atom stereocenters. The number of anilines is 1. The van der Waals surface area contributed by atoms with E-state index in [1.807, 2.05) is 54.6 Å². The number of halogens is 1. The van der Waals surface area contributed by atoms with E-state index in [9.17, 15) is 19.1 Å². The van der Waals surface area contributed by atoms with Gasteiger partial charge in [-0.25, -0.2) is 9.18 Å². The molecular formula is C35H44FN3O4. The lowest BCUT2D eigenvalue weighted by Gasteiger charge is -2.31. The van der Waals surface area contributed by atoms with E-state index in [4.69, 9.17) is 4.74 Å². The van der Waals surface area contributed by atoms with Crippen molar-refractivity contribution in [3.8, 4) is 16.9 Å². The number of phenols is 1. The molecule has 0 saturated carbocycles. The zero-order valence-corrected chi connectivity index (χ0v) is 25.1. The van der Waals surface area contributed by atoms with Crippen LogP contribution in [0.5, 0.6) is 5.75 Å². The molecule has 3 aromatic carbocycles. The van der Waals surface area contributed by atoms with Crippen molar-refractivity contribution in [3.05, 3.63) is 84.2 Å². The summed E-state index contributed by atoms with van der Waals surface area (Å²) >= 11 is 0. The van der Waals surface area contributed by atoms with E-state index in [1.165, 1.54) is 37.8 Å². The van der Waals surface area contributed by atoms with Gasteiger partial charge in [-0.15, -0.1) is 0 Å². The standard InChI is InChI=1S/C35H44FN3O4/c1-38(34(41)28-18-19-31(36)33(40)26-28)22-12-5-3-2-4-6-13-23-39-24-20-29(21-25-39)43-35(42)37-32-17-11-10-16-30(32)27-14-8-7-9-15-27/h7-11,14-19,26,29,40H,2-6,12-13,20-25H2,1H3,(H,37,42). The van der Waals surface area contributed by atoms with Crippen LogP contribution < -0.4 is 5.32 Å². The summed E-state index contributed by atoms with van der Waals surface area (Å²) in [4.78, 5) is 29.2. The zero-order valence-electron chi connectivity index (χ0n) is 25.1. The number of hydrogen-bond acceptors (Lipinski definition) is 5. The molecule has 1 aliphatic rings. The Kier molecular flexibility index (Phi) is 12.4. The summed E-state index contributed by atoms with van der Waals surface area (Å²) < 4.78 is 19.0. The Morgan fingerprint density at radius 1 is 0.907 bits per heavy atom. The van der Waals surface area contributed by atoms with Gasteiger partial charge in [-0.3, -0.25) is 10.1 Å². The predicted molar refractivity (Wildman–Crippen MR) is 169 cm³/mol. The highest BCUT2D eigenvalue weighted by atomic mass is 19.1. The minimum Gasteiger partial charge on any atom is -0.505 e. The number of nitrogens with zero attached hydrogens (tertiary/aromatic N) is 2. The SMILES string of the molecule is CN(CCCCCCCCCN1CCC(OC(=O)Nc2ccccc2-c2ccccc2)CC1)C(=O)c1ccc(F)c(O)c1. The minimum atomic E-state index is -0.725. The smallest absolute Gasteiger partial charge is 0.411 e. The number of rotatable bonds is 14. The van der Waals surface area contributed by atoms with Gasteiger partial charge in [0.25, 0.3) is 5.91 Å². The van der Waals surface area contributed by atoms with Crippen molar-refractivity contribution >= 4 is 17.7 Å². The number of hydrogen-bond donors (Lipinski definition) is 2. The van der Waals surface area contributed by atoms with E-state index >= 15 is 0 Å². The van der Waals surface area contributed by atoms with Gasteiger partial charge in [0, 0.05) is 37.8 Å². The molecule has 43 heavy (non-hydrogen) atoms. The molecular weight excluding hydrogens is 545 g/mol. The van der Waals surface area contributed by atoms with Gasteiger partial charge in [0.1, 0.15) is 6.10 Å². The van der Waals surface area contributed by atoms with Crippen LogP contribution in [0.3, 0.4) is 0 Å². The number of piperidine rings is 1. The normalized spacial score (nSPS) is 13.9. The van der Waals surface area contributed by atoms with Gasteiger partial charge in [-0.05, 0) is 62.1 Å². The molecule has 2 N–H and O–H groups in total. The zero-order chi connectivity index (χ0) is 30.4. The molecule has 8 heteroatoms. The van der Waals surface area contributed by atoms with Crippen LogP contribution in [0, 0.1) is 5.82 Å². The number of aromatic hydroxyl groups is 1. The van der Waals surface area contributed by atoms with Gasteiger partial charge in [-0.1, -0.05) is 80.6 Å². The fraction of sp³-hybridized carbons (Fsp3) is 0.429. The van der Waals surface area contributed by atoms with E-state index in [0.717, 1.165) is 74.6 Å². The van der Waals surface area contributed by atoms with Crippen LogP contribution in [0.15, 0.2) is 72.8 Å². The molecule has 0 aliphatic carbocycles. The van der Waals surface area contributed by atoms with E-state index in [0.29, 0.717) is 12.1 Å². The minimum absolute atomic E-state index is 0.0580. The van der Waals surface area contributed by atoms with Crippen LogP contribution in [0.2, 0.25) is 0 Å². The number of carbonyl (C=O) groups is 2. The van der Waals surface area contributed by atoms with Crippen molar-refractivity contribution in [1.29, 1.82) is 0 Å². The highest BCUT2D eigenvalue weighted by molar-refractivity contribution is 5.94. The molecule has 3 aromatic rings. The Balaban J connectivity index is 1.02. The quantitative estimate of drug-likeness (QED) is 0.188. The van der Waals surface area contributed by atoms with Crippen LogP contribution in [-0.2, 0) is 4.74 Å². The molecule has 0 aromatic heterocycles. The molecule has 0 radical (unpaired) electrons. The second-order valence-corrected chi connectivity index (χ2v) is 11.4. The largest absolute Gasteiger partial charge is 0.505 e. The number of unbranched alkanes of at least 4 members (excludes halogenated alkanes) is 6. The van der Waals surface area contributed by atoms with Crippen molar-refractivity contribution in [3.63, 3.8) is 0 Å². The number of nitrogens with one attached hydrogen (secondary N) is 1. The summed E-state index contributed by atoms with van der Waals surface area (Å²) in [6.07, 6.45) is 9.13. The Bertz CT molecular complexity index is 1310. The Morgan fingerprint density at radius 3 is 2.28 bits per heavy atom. The van der Waals surface area contributed by atoms with Crippen LogP contribution in [0.1, 0.15) is 68.1 Å². The van der Waals surface area contributed by atoms with E-state index in [1.54, 1.807) is 11.9 Å². The highest BCUT2D eigenvalue weighted by Gasteiger charge is 2.22. The second kappa shape index (κ2) is 16.7. The predicted octanol–water partition coefficient (Wildman–Crippen LogP) is 7.71. The number of ether oxygens (including phenoxy) is 1. The first-order valence-electron chi connectivity index (χ1n) is 15.5. The third-order valence-electron chi connectivity index (χ3n) is 8.06. The lowest BCUT2D eigenvalue weighted by molar-refractivity contribution is 0.0584. The first kappa shape index (κ1) is 32.0. The fourth-order valence-electron chi connectivity index (χ4n) is 5.54. The van der Waals surface area contributed by atoms with Crippen molar-refractivity contribution < 1.29 is 23.8 Å². The average molecular weight is 590 g/mol. The Labute approximate surface area is 254 Å². The lowest BCUT2D eigenvalue weighted by atomic mass is 10.0. The number of phenolic OH excluding ortho intramolecular Hbond substituents is 1. The summed E-state index contributed by atoms with van der Waals surface area (Å²) in [5.74, 6) is -1.44. The molecule has 0 bridgehead atoms. The molecule has 1 heterocycles. The first-order valence-corrected chi connectivity index (χ1v) is 15.5. The molecule has 4 rings (SSSR count). The summed E-state index contributed by atoms with van der Waals surface area (Å²) in [6.45, 7) is 3.61. The van der Waals surface area contributed by atoms with Gasteiger partial charge >= 0.3 is 6.09 Å². The molecule has 0 spiro atoms. The third-order valence-corrected chi connectivity index (χ3v) is 8.06. The fourth-order valence-corrected chi connectivity index (χ4v) is 5.54. The van der Waals surface area contributed by atoms with E-state index < -0.39 is 17.7 Å². The van der Waals surface area contributed by atoms with Gasteiger partial charge < -0.3 is 19.6 Å². The number of likely N-dealkylation sites (tertiary alicyclic amines) is 1. The van der Waals surface area contributed by atoms with Crippen molar-refractivity contribution in [2.24, 2.45) is 0 Å². The maximum atomic E-state index is 13.2. The van der Waals surface area contributed by atoms with Gasteiger partial charge in [0.15, 0.2) is 11.6 Å². The maximum Gasteiger partial charge on any atom is 0.411 e. The number of carbonyl (C=O) groups excluding carboxylic acids is 2. The van der Waals surface area contributed by atoms with E-state index in [2.05, 4.69) is 10.2 Å². The van der Waals surface area contributed by atoms with Gasteiger partial charge in [0.05, 0.1) is 5.69 Å². The molecule has 7 nitrogen and oxygen atoms in total. The number of benzene rings is 3. The maximum absolute atomic E-state index is 13.2. The second-order valence-electron chi connectivity index (χ2n) is 11.4. The molecule has 1 saturated heterocycles. The van der Waals surface area contributed by atoms with Crippen molar-refractivity contribution in [2.75, 3.05) is 38.5 Å². The van der Waals surface area contributed by atoms with Crippen LogP contribution in [0.4, 0.5) is 14.9 Å². The topological polar surface area (TPSA) is 82.1 Å². The third kappa shape index (κ3) is 10.1. The molecule has 0 unspecified atom stereocenters. The van der Waals surface area contributed by atoms with Crippen molar-refractivity contribution in [1.82, 2.24) is 9.80 Å². The molecule has 1 fully saturated rings. The van der Waals surface area contributed by atoms with Gasteiger partial charge in [0.2, 0.25) is 0 Å². The average Bonchev–Trinajstić information content (AvgIpc) is 3.02. The summed E-state index contributed by atoms with van der Waals surface area (Å²) in [5, 5.41) is 12.4. The Hall–Kier alpha value is -3.91. The van der Waals surface area contributed by atoms with E-state index in [-0.39, 0.29) is 12.0 Å².